The normalized spacial score (nSPS) is 13.7. The molecule has 0 aliphatic heterocycles. The Morgan fingerprint density at radius 1 is 0.931 bits per heavy atom. The summed E-state index contributed by atoms with van der Waals surface area (Å²) in [4.78, 5) is 13.0. The maximum absolute atomic E-state index is 13.0. The second-order valence-electron chi connectivity index (χ2n) is 7.43. The molecule has 0 N–H and O–H groups in total. The summed E-state index contributed by atoms with van der Waals surface area (Å²) in [6.07, 6.45) is 2.35. The molecule has 0 saturated heterocycles. The van der Waals surface area contributed by atoms with E-state index in [-0.39, 0.29) is 5.78 Å². The fourth-order valence-electron chi connectivity index (χ4n) is 3.64. The van der Waals surface area contributed by atoms with Crippen LogP contribution in [0.5, 0.6) is 0 Å². The average Bonchev–Trinajstić information content (AvgIpc) is 3.54. The van der Waals surface area contributed by atoms with E-state index in [9.17, 15) is 4.79 Å². The van der Waals surface area contributed by atoms with Gasteiger partial charge >= 0.3 is 0 Å². The number of fused-ring (bicyclic) bond motifs is 1. The van der Waals surface area contributed by atoms with Crippen molar-refractivity contribution in [1.82, 2.24) is 14.8 Å². The van der Waals surface area contributed by atoms with Gasteiger partial charge in [0.2, 0.25) is 0 Å². The zero-order chi connectivity index (χ0) is 19.6. The molecular weight excluding hydrogens is 378 g/mol. The van der Waals surface area contributed by atoms with Crippen LogP contribution in [-0.4, -0.2) is 26.3 Å². The summed E-state index contributed by atoms with van der Waals surface area (Å²) in [7, 11) is 0. The molecule has 4 aromatic rings. The first-order chi connectivity index (χ1) is 14.3. The number of carbonyl (C=O) groups excluding carboxylic acids is 1. The molecule has 1 heterocycles. The fraction of sp³-hybridized carbons (Fsp3) is 0.208. The first kappa shape index (κ1) is 18.1. The number of thioether (sulfide) groups is 1. The molecule has 0 amide bonds. The van der Waals surface area contributed by atoms with Crippen molar-refractivity contribution in [3.05, 3.63) is 89.7 Å². The van der Waals surface area contributed by atoms with Crippen LogP contribution in [0.1, 0.15) is 40.5 Å². The van der Waals surface area contributed by atoms with E-state index in [0.717, 1.165) is 33.9 Å². The fourth-order valence-corrected chi connectivity index (χ4v) is 4.47. The zero-order valence-corrected chi connectivity index (χ0v) is 16.8. The van der Waals surface area contributed by atoms with Crippen molar-refractivity contribution in [2.75, 3.05) is 5.75 Å². The molecular formula is C24H21N3OS. The van der Waals surface area contributed by atoms with Crippen LogP contribution in [0.15, 0.2) is 78.0 Å². The molecule has 1 aliphatic rings. The average molecular weight is 400 g/mol. The van der Waals surface area contributed by atoms with E-state index < -0.39 is 0 Å². The van der Waals surface area contributed by atoms with Crippen LogP contribution in [-0.2, 0) is 6.54 Å². The minimum Gasteiger partial charge on any atom is -0.301 e. The lowest BCUT2D eigenvalue weighted by atomic mass is 10.0. The molecule has 1 aromatic heterocycles. The third kappa shape index (κ3) is 3.83. The number of hydrogen-bond acceptors (Lipinski definition) is 4. The van der Waals surface area contributed by atoms with Crippen LogP contribution in [0.25, 0.3) is 10.8 Å². The van der Waals surface area contributed by atoms with Crippen LogP contribution in [0.3, 0.4) is 0 Å². The van der Waals surface area contributed by atoms with Gasteiger partial charge in [0.1, 0.15) is 5.82 Å². The van der Waals surface area contributed by atoms with Crippen molar-refractivity contribution in [3.8, 4) is 0 Å². The minimum atomic E-state index is 0.119. The standard InChI is InChI=1S/C24H21N3OS/c28-22(21-12-6-10-18-9-4-5-11-20(18)21)16-29-24-26-25-23(19-13-14-19)27(24)15-17-7-2-1-3-8-17/h1-12,19H,13-16H2. The van der Waals surface area contributed by atoms with E-state index in [4.69, 9.17) is 0 Å². The van der Waals surface area contributed by atoms with Crippen molar-refractivity contribution in [2.45, 2.75) is 30.5 Å². The van der Waals surface area contributed by atoms with E-state index in [1.807, 2.05) is 60.7 Å². The molecule has 3 aromatic carbocycles. The highest BCUT2D eigenvalue weighted by Crippen LogP contribution is 2.40. The van der Waals surface area contributed by atoms with Crippen molar-refractivity contribution in [3.63, 3.8) is 0 Å². The number of benzene rings is 3. The van der Waals surface area contributed by atoms with Gasteiger partial charge in [-0.25, -0.2) is 0 Å². The molecule has 1 saturated carbocycles. The monoisotopic (exact) mass is 399 g/mol. The van der Waals surface area contributed by atoms with Crippen LogP contribution in [0, 0.1) is 0 Å². The van der Waals surface area contributed by atoms with Crippen molar-refractivity contribution in [2.24, 2.45) is 0 Å². The highest BCUT2D eigenvalue weighted by Gasteiger charge is 2.30. The zero-order valence-electron chi connectivity index (χ0n) is 16.0. The number of nitrogens with zero attached hydrogens (tertiary/aromatic N) is 3. The topological polar surface area (TPSA) is 47.8 Å². The van der Waals surface area contributed by atoms with Gasteiger partial charge in [-0.15, -0.1) is 10.2 Å². The third-order valence-electron chi connectivity index (χ3n) is 5.29. The highest BCUT2D eigenvalue weighted by molar-refractivity contribution is 7.99. The lowest BCUT2D eigenvalue weighted by molar-refractivity contribution is 0.102. The van der Waals surface area contributed by atoms with Gasteiger partial charge in [-0.1, -0.05) is 84.6 Å². The van der Waals surface area contributed by atoms with Gasteiger partial charge in [-0.2, -0.15) is 0 Å². The molecule has 1 fully saturated rings. The summed E-state index contributed by atoms with van der Waals surface area (Å²) in [5.74, 6) is 2.03. The largest absolute Gasteiger partial charge is 0.301 e. The quantitative estimate of drug-likeness (QED) is 0.311. The summed E-state index contributed by atoms with van der Waals surface area (Å²) in [5, 5.41) is 11.8. The van der Waals surface area contributed by atoms with Gasteiger partial charge in [-0.3, -0.25) is 4.79 Å². The second kappa shape index (κ2) is 7.84. The SMILES string of the molecule is O=C(CSc1nnc(C2CC2)n1Cc1ccccc1)c1cccc2ccccc12. The Morgan fingerprint density at radius 2 is 1.69 bits per heavy atom. The molecule has 0 unspecified atom stereocenters. The van der Waals surface area contributed by atoms with Gasteiger partial charge in [0.05, 0.1) is 12.3 Å². The molecule has 5 heteroatoms. The Morgan fingerprint density at radius 3 is 2.52 bits per heavy atom. The lowest BCUT2D eigenvalue weighted by Crippen LogP contribution is -2.08. The van der Waals surface area contributed by atoms with Gasteiger partial charge in [0.15, 0.2) is 10.9 Å². The number of aromatic nitrogens is 3. The Bertz CT molecular complexity index is 1160. The van der Waals surface area contributed by atoms with Crippen molar-refractivity contribution < 1.29 is 4.79 Å². The van der Waals surface area contributed by atoms with Gasteiger partial charge in [-0.05, 0) is 29.2 Å². The van der Waals surface area contributed by atoms with Gasteiger partial charge < -0.3 is 4.57 Å². The maximum atomic E-state index is 13.0. The molecule has 144 valence electrons. The maximum Gasteiger partial charge on any atom is 0.191 e. The van der Waals surface area contributed by atoms with E-state index >= 15 is 0 Å². The second-order valence-corrected chi connectivity index (χ2v) is 8.37. The van der Waals surface area contributed by atoms with Gasteiger partial charge in [0, 0.05) is 11.5 Å². The van der Waals surface area contributed by atoms with Crippen molar-refractivity contribution >= 4 is 28.3 Å². The summed E-state index contributed by atoms with van der Waals surface area (Å²) >= 11 is 1.48. The molecule has 5 rings (SSSR count). The Hall–Kier alpha value is -2.92. The smallest absolute Gasteiger partial charge is 0.191 e. The molecule has 0 atom stereocenters. The number of carbonyl (C=O) groups is 1. The van der Waals surface area contributed by atoms with E-state index in [2.05, 4.69) is 26.9 Å². The van der Waals surface area contributed by atoms with Crippen molar-refractivity contribution in [1.29, 1.82) is 0 Å². The van der Waals surface area contributed by atoms with E-state index in [1.54, 1.807) is 0 Å². The summed E-state index contributed by atoms with van der Waals surface area (Å²) < 4.78 is 2.19. The predicted octanol–water partition coefficient (Wildman–Crippen LogP) is 5.33. The number of ketones is 1. The Labute approximate surface area is 174 Å². The van der Waals surface area contributed by atoms with E-state index in [1.165, 1.54) is 30.2 Å². The highest BCUT2D eigenvalue weighted by atomic mass is 32.2. The van der Waals surface area contributed by atoms with Crippen LogP contribution in [0.4, 0.5) is 0 Å². The molecule has 0 radical (unpaired) electrons. The number of hydrogen-bond donors (Lipinski definition) is 0. The van der Waals surface area contributed by atoms with Crippen LogP contribution < -0.4 is 0 Å². The number of rotatable bonds is 7. The minimum absolute atomic E-state index is 0.119. The first-order valence-electron chi connectivity index (χ1n) is 9.90. The van der Waals surface area contributed by atoms with Gasteiger partial charge in [0.25, 0.3) is 0 Å². The molecule has 0 spiro atoms. The Balaban J connectivity index is 1.38. The first-order valence-corrected chi connectivity index (χ1v) is 10.9. The molecule has 1 aliphatic carbocycles. The Kier molecular flexibility index (Phi) is 4.90. The molecule has 4 nitrogen and oxygen atoms in total. The van der Waals surface area contributed by atoms with Crippen LogP contribution >= 0.6 is 11.8 Å². The molecule has 0 bridgehead atoms. The lowest BCUT2D eigenvalue weighted by Gasteiger charge is -2.10. The summed E-state index contributed by atoms with van der Waals surface area (Å²) in [5.41, 5.74) is 1.99. The summed E-state index contributed by atoms with van der Waals surface area (Å²) in [6, 6.07) is 24.3. The van der Waals surface area contributed by atoms with E-state index in [0.29, 0.717) is 11.7 Å². The predicted molar refractivity (Wildman–Crippen MR) is 117 cm³/mol. The van der Waals surface area contributed by atoms with Crippen LogP contribution in [0.2, 0.25) is 0 Å². The third-order valence-corrected chi connectivity index (χ3v) is 6.26. The molecule has 29 heavy (non-hydrogen) atoms. The summed E-state index contributed by atoms with van der Waals surface area (Å²) in [6.45, 7) is 0.741. The number of Topliss-reactive ketones (excluding diaryl/α,β-unsaturated/α-hetero) is 1.